The first-order valence-electron chi connectivity index (χ1n) is 4.62. The third kappa shape index (κ3) is 1.73. The van der Waals surface area contributed by atoms with E-state index in [1.807, 2.05) is 0 Å². The molecule has 0 radical (unpaired) electrons. The molecule has 4 atom stereocenters. The Morgan fingerprint density at radius 2 is 2.15 bits per heavy atom. The summed E-state index contributed by atoms with van der Waals surface area (Å²) in [6.45, 7) is 1.56. The second kappa shape index (κ2) is 2.93. The lowest BCUT2D eigenvalue weighted by Crippen LogP contribution is -2.32. The van der Waals surface area contributed by atoms with Gasteiger partial charge < -0.3 is 4.74 Å². The van der Waals surface area contributed by atoms with Crippen LogP contribution in [0, 0.1) is 5.92 Å². The summed E-state index contributed by atoms with van der Waals surface area (Å²) in [4.78, 5) is 0. The zero-order chi connectivity index (χ0) is 9.64. The van der Waals surface area contributed by atoms with E-state index < -0.39 is 15.4 Å². The summed E-state index contributed by atoms with van der Waals surface area (Å²) in [5, 5.41) is -0.678. The molecular weight excluding hydrogens is 192 g/mol. The highest BCUT2D eigenvalue weighted by Gasteiger charge is 2.51. The summed E-state index contributed by atoms with van der Waals surface area (Å²) in [6.07, 6.45) is 3.25. The van der Waals surface area contributed by atoms with Crippen molar-refractivity contribution in [3.63, 3.8) is 0 Å². The van der Waals surface area contributed by atoms with Crippen LogP contribution in [-0.2, 0) is 14.9 Å². The molecule has 2 rings (SSSR count). The largest absolute Gasteiger partial charge is 0.369 e. The van der Waals surface area contributed by atoms with Crippen molar-refractivity contribution in [2.24, 2.45) is 5.92 Å². The summed E-state index contributed by atoms with van der Waals surface area (Å²) in [5.41, 5.74) is 0. The number of fused-ring (bicyclic) bond motifs is 1. The van der Waals surface area contributed by atoms with Crippen molar-refractivity contribution in [3.05, 3.63) is 0 Å². The van der Waals surface area contributed by atoms with Crippen LogP contribution in [0.5, 0.6) is 0 Å². The van der Waals surface area contributed by atoms with Gasteiger partial charge in [0.1, 0.15) is 0 Å². The van der Waals surface area contributed by atoms with Crippen LogP contribution in [-0.4, -0.2) is 30.4 Å². The molecule has 1 N–H and O–H groups in total. The first-order chi connectivity index (χ1) is 6.00. The standard InChI is InChI=1S/C8H14O4S/c1-5(13(9,10)11)6-3-2-4-7-8(6)12-7/h5-8H,2-4H2,1H3,(H,9,10,11). The van der Waals surface area contributed by atoms with Crippen molar-refractivity contribution in [3.8, 4) is 0 Å². The molecule has 13 heavy (non-hydrogen) atoms. The summed E-state index contributed by atoms with van der Waals surface area (Å²) in [7, 11) is -3.89. The lowest BCUT2D eigenvalue weighted by molar-refractivity contribution is 0.308. The zero-order valence-electron chi connectivity index (χ0n) is 7.51. The summed E-state index contributed by atoms with van der Waals surface area (Å²) in [6, 6.07) is 0. The Labute approximate surface area is 78.0 Å². The third-order valence-corrected chi connectivity index (χ3v) is 4.43. The highest BCUT2D eigenvalue weighted by molar-refractivity contribution is 7.86. The van der Waals surface area contributed by atoms with E-state index in [0.29, 0.717) is 0 Å². The Bertz CT molecular complexity index is 297. The maximum absolute atomic E-state index is 10.9. The van der Waals surface area contributed by atoms with Crippen molar-refractivity contribution in [2.75, 3.05) is 0 Å². The van der Waals surface area contributed by atoms with Crippen molar-refractivity contribution < 1.29 is 17.7 Å². The third-order valence-electron chi connectivity index (χ3n) is 3.14. The number of hydrogen-bond donors (Lipinski definition) is 1. The van der Waals surface area contributed by atoms with Gasteiger partial charge in [-0.05, 0) is 19.8 Å². The van der Waals surface area contributed by atoms with Crippen LogP contribution in [0.1, 0.15) is 26.2 Å². The van der Waals surface area contributed by atoms with E-state index in [1.54, 1.807) is 6.92 Å². The Kier molecular flexibility index (Phi) is 2.13. The van der Waals surface area contributed by atoms with Crippen LogP contribution >= 0.6 is 0 Å². The zero-order valence-corrected chi connectivity index (χ0v) is 8.33. The smallest absolute Gasteiger partial charge is 0.267 e. The van der Waals surface area contributed by atoms with Gasteiger partial charge in [-0.3, -0.25) is 4.55 Å². The predicted octanol–water partition coefficient (Wildman–Crippen LogP) is 0.830. The first kappa shape index (κ1) is 9.43. The Morgan fingerprint density at radius 3 is 2.77 bits per heavy atom. The van der Waals surface area contributed by atoms with E-state index in [9.17, 15) is 8.42 Å². The van der Waals surface area contributed by atoms with Gasteiger partial charge in [-0.15, -0.1) is 0 Å². The van der Waals surface area contributed by atoms with Gasteiger partial charge in [0.15, 0.2) is 0 Å². The molecule has 4 unspecified atom stereocenters. The average Bonchev–Trinajstić information content (AvgIpc) is 2.78. The van der Waals surface area contributed by atoms with E-state index in [2.05, 4.69) is 0 Å². The average molecular weight is 206 g/mol. The summed E-state index contributed by atoms with van der Waals surface area (Å²) >= 11 is 0. The first-order valence-corrected chi connectivity index (χ1v) is 6.12. The molecule has 1 aliphatic carbocycles. The topological polar surface area (TPSA) is 66.9 Å². The van der Waals surface area contributed by atoms with Crippen LogP contribution in [0.15, 0.2) is 0 Å². The molecule has 2 fully saturated rings. The molecule has 0 aromatic carbocycles. The van der Waals surface area contributed by atoms with Crippen LogP contribution in [0.4, 0.5) is 0 Å². The van der Waals surface area contributed by atoms with Gasteiger partial charge in [0.2, 0.25) is 0 Å². The van der Waals surface area contributed by atoms with Crippen molar-refractivity contribution in [2.45, 2.75) is 43.6 Å². The van der Waals surface area contributed by atoms with Gasteiger partial charge >= 0.3 is 0 Å². The van der Waals surface area contributed by atoms with Gasteiger partial charge in [-0.2, -0.15) is 8.42 Å². The highest BCUT2D eigenvalue weighted by Crippen LogP contribution is 2.43. The van der Waals surface area contributed by atoms with E-state index >= 15 is 0 Å². The number of hydrogen-bond acceptors (Lipinski definition) is 3. The molecule has 1 heterocycles. The van der Waals surface area contributed by atoms with Gasteiger partial charge in [0.05, 0.1) is 17.5 Å². The van der Waals surface area contributed by atoms with Gasteiger partial charge in [-0.1, -0.05) is 6.42 Å². The molecule has 1 saturated carbocycles. The SMILES string of the molecule is CC(C1CCCC2OC21)S(=O)(=O)O. The fraction of sp³-hybridized carbons (Fsp3) is 1.00. The number of ether oxygens (including phenoxy) is 1. The summed E-state index contributed by atoms with van der Waals surface area (Å²) < 4.78 is 36.0. The molecule has 2 aliphatic rings. The van der Waals surface area contributed by atoms with Crippen LogP contribution in [0.25, 0.3) is 0 Å². The van der Waals surface area contributed by atoms with Crippen molar-refractivity contribution in [1.82, 2.24) is 0 Å². The molecule has 4 nitrogen and oxygen atoms in total. The predicted molar refractivity (Wildman–Crippen MR) is 47.0 cm³/mol. The highest BCUT2D eigenvalue weighted by atomic mass is 32.2. The van der Waals surface area contributed by atoms with Gasteiger partial charge in [-0.25, -0.2) is 0 Å². The van der Waals surface area contributed by atoms with Crippen LogP contribution < -0.4 is 0 Å². The van der Waals surface area contributed by atoms with Crippen LogP contribution in [0.3, 0.4) is 0 Å². The van der Waals surface area contributed by atoms with Crippen molar-refractivity contribution >= 4 is 10.1 Å². The van der Waals surface area contributed by atoms with Crippen LogP contribution in [0.2, 0.25) is 0 Å². The molecule has 1 saturated heterocycles. The minimum Gasteiger partial charge on any atom is -0.369 e. The minimum atomic E-state index is -3.89. The maximum atomic E-state index is 10.9. The minimum absolute atomic E-state index is 0.00579. The van der Waals surface area contributed by atoms with E-state index in [0.717, 1.165) is 19.3 Å². The number of epoxide rings is 1. The Balaban J connectivity index is 2.08. The quantitative estimate of drug-likeness (QED) is 0.537. The molecule has 1 aliphatic heterocycles. The fourth-order valence-corrected chi connectivity index (χ4v) is 2.94. The molecule has 0 amide bonds. The Morgan fingerprint density at radius 1 is 1.46 bits per heavy atom. The second-order valence-electron chi connectivity index (χ2n) is 3.95. The molecule has 0 spiro atoms. The number of rotatable bonds is 2. The molecule has 5 heteroatoms. The molecular formula is C8H14O4S. The molecule has 0 aromatic rings. The monoisotopic (exact) mass is 206 g/mol. The molecule has 0 bridgehead atoms. The van der Waals surface area contributed by atoms with E-state index in [4.69, 9.17) is 9.29 Å². The Hall–Kier alpha value is -0.130. The fourth-order valence-electron chi connectivity index (χ4n) is 2.21. The normalized spacial score (nSPS) is 40.9. The van der Waals surface area contributed by atoms with Crippen molar-refractivity contribution in [1.29, 1.82) is 0 Å². The molecule has 0 aromatic heterocycles. The van der Waals surface area contributed by atoms with Gasteiger partial charge in [0, 0.05) is 5.92 Å². The lowest BCUT2D eigenvalue weighted by Gasteiger charge is -2.22. The lowest BCUT2D eigenvalue weighted by atomic mass is 9.87. The van der Waals surface area contributed by atoms with E-state index in [1.165, 1.54) is 0 Å². The summed E-state index contributed by atoms with van der Waals surface area (Å²) in [5.74, 6) is -0.00579. The molecule has 76 valence electrons. The van der Waals surface area contributed by atoms with Gasteiger partial charge in [0.25, 0.3) is 10.1 Å². The second-order valence-corrected chi connectivity index (χ2v) is 5.73. The van der Waals surface area contributed by atoms with E-state index in [-0.39, 0.29) is 18.1 Å². The maximum Gasteiger partial charge on any atom is 0.267 e.